The molecule has 3 aromatic rings. The Labute approximate surface area is 156 Å². The fourth-order valence-corrected chi connectivity index (χ4v) is 4.82. The summed E-state index contributed by atoms with van der Waals surface area (Å²) in [6, 6.07) is 6.08. The molecule has 0 radical (unpaired) electrons. The fraction of sp³-hybridized carbons (Fsp3) is 0.278. The van der Waals surface area contributed by atoms with Gasteiger partial charge in [-0.1, -0.05) is 0 Å². The van der Waals surface area contributed by atoms with Crippen molar-refractivity contribution >= 4 is 10.0 Å². The highest BCUT2D eigenvalue weighted by Gasteiger charge is 2.33. The number of hydrogen-bond acceptors (Lipinski definition) is 5. The third-order valence-electron chi connectivity index (χ3n) is 4.73. The molecule has 9 heteroatoms. The minimum atomic E-state index is -3.60. The van der Waals surface area contributed by atoms with Crippen LogP contribution in [0, 0.1) is 5.82 Å². The van der Waals surface area contributed by atoms with Crippen molar-refractivity contribution in [2.45, 2.75) is 23.7 Å². The average Bonchev–Trinajstić information content (AvgIpc) is 3.24. The zero-order valence-electron chi connectivity index (χ0n) is 14.4. The van der Waals surface area contributed by atoms with Gasteiger partial charge in [0.25, 0.3) is 0 Å². The molecule has 27 heavy (non-hydrogen) atoms. The Balaban J connectivity index is 1.65. The van der Waals surface area contributed by atoms with Crippen molar-refractivity contribution < 1.29 is 12.8 Å². The lowest BCUT2D eigenvalue weighted by molar-refractivity contribution is 0.312. The van der Waals surface area contributed by atoms with Gasteiger partial charge in [0, 0.05) is 43.2 Å². The molecule has 0 bridgehead atoms. The van der Waals surface area contributed by atoms with Gasteiger partial charge in [-0.3, -0.25) is 15.1 Å². The minimum Gasteiger partial charge on any atom is -0.284 e. The molecule has 2 aromatic heterocycles. The predicted molar refractivity (Wildman–Crippen MR) is 96.7 cm³/mol. The zero-order valence-corrected chi connectivity index (χ0v) is 15.2. The summed E-state index contributed by atoms with van der Waals surface area (Å²) >= 11 is 0. The molecule has 1 atom stereocenters. The van der Waals surface area contributed by atoms with Gasteiger partial charge < -0.3 is 0 Å². The SMILES string of the molecule is O=S(=O)(c1cn[nH]c1)N1CCC[C@H](c2nccnc2-c2ccc(F)cc2)C1. The van der Waals surface area contributed by atoms with E-state index in [2.05, 4.69) is 20.2 Å². The van der Waals surface area contributed by atoms with E-state index in [1.165, 1.54) is 28.8 Å². The number of rotatable bonds is 4. The van der Waals surface area contributed by atoms with Gasteiger partial charge in [0.1, 0.15) is 10.7 Å². The molecule has 3 heterocycles. The Hall–Kier alpha value is -2.65. The smallest absolute Gasteiger partial charge is 0.246 e. The van der Waals surface area contributed by atoms with E-state index in [0.717, 1.165) is 24.1 Å². The minimum absolute atomic E-state index is 0.0887. The van der Waals surface area contributed by atoms with Crippen LogP contribution in [0.2, 0.25) is 0 Å². The standard InChI is InChI=1S/C18H18FN5O2S/c19-15-5-3-13(4-6-15)17-18(21-8-7-20-17)14-2-1-9-24(12-14)27(25,26)16-10-22-23-11-16/h3-8,10-11,14H,1-2,9,12H2,(H,22,23)/t14-/m0/s1. The van der Waals surface area contributed by atoms with Crippen LogP contribution >= 0.6 is 0 Å². The first-order chi connectivity index (χ1) is 13.1. The maximum absolute atomic E-state index is 13.3. The Morgan fingerprint density at radius 3 is 2.67 bits per heavy atom. The van der Waals surface area contributed by atoms with Crippen molar-refractivity contribution in [3.05, 3.63) is 60.6 Å². The van der Waals surface area contributed by atoms with Crippen molar-refractivity contribution in [2.75, 3.05) is 13.1 Å². The highest BCUT2D eigenvalue weighted by molar-refractivity contribution is 7.89. The summed E-state index contributed by atoms with van der Waals surface area (Å²) in [6.07, 6.45) is 7.42. The number of H-pyrrole nitrogens is 1. The molecule has 7 nitrogen and oxygen atoms in total. The Bertz CT molecular complexity index is 1020. The van der Waals surface area contributed by atoms with Gasteiger partial charge >= 0.3 is 0 Å². The molecule has 1 N–H and O–H groups in total. The van der Waals surface area contributed by atoms with Crippen LogP contribution < -0.4 is 0 Å². The van der Waals surface area contributed by atoms with E-state index in [9.17, 15) is 12.8 Å². The molecule has 140 valence electrons. The Morgan fingerprint density at radius 2 is 1.93 bits per heavy atom. The second-order valence-corrected chi connectivity index (χ2v) is 8.37. The summed E-state index contributed by atoms with van der Waals surface area (Å²) < 4.78 is 40.3. The van der Waals surface area contributed by atoms with Gasteiger partial charge in [0.2, 0.25) is 10.0 Å². The molecule has 1 aliphatic rings. The van der Waals surface area contributed by atoms with E-state index in [1.807, 2.05) is 0 Å². The van der Waals surface area contributed by atoms with Gasteiger partial charge in [-0.15, -0.1) is 0 Å². The van der Waals surface area contributed by atoms with Gasteiger partial charge in [0.15, 0.2) is 0 Å². The van der Waals surface area contributed by atoms with Crippen molar-refractivity contribution in [1.82, 2.24) is 24.5 Å². The lowest BCUT2D eigenvalue weighted by atomic mass is 9.92. The number of benzene rings is 1. The first-order valence-electron chi connectivity index (χ1n) is 8.61. The van der Waals surface area contributed by atoms with E-state index >= 15 is 0 Å². The summed E-state index contributed by atoms with van der Waals surface area (Å²) in [5.41, 5.74) is 2.15. The van der Waals surface area contributed by atoms with E-state index in [4.69, 9.17) is 0 Å². The normalized spacial score (nSPS) is 18.5. The summed E-state index contributed by atoms with van der Waals surface area (Å²) in [5, 5.41) is 6.28. The lowest BCUT2D eigenvalue weighted by Crippen LogP contribution is -2.39. The number of sulfonamides is 1. The van der Waals surface area contributed by atoms with Crippen LogP contribution in [-0.4, -0.2) is 46.0 Å². The number of piperidine rings is 1. The summed E-state index contributed by atoms with van der Waals surface area (Å²) in [7, 11) is -3.60. The van der Waals surface area contributed by atoms with Crippen LogP contribution in [-0.2, 0) is 10.0 Å². The maximum atomic E-state index is 13.3. The number of nitrogens with one attached hydrogen (secondary N) is 1. The van der Waals surface area contributed by atoms with Crippen LogP contribution in [0.5, 0.6) is 0 Å². The molecule has 1 saturated heterocycles. The Morgan fingerprint density at radius 1 is 1.15 bits per heavy atom. The third kappa shape index (κ3) is 3.47. The molecule has 0 saturated carbocycles. The molecule has 0 spiro atoms. The van der Waals surface area contributed by atoms with Crippen molar-refractivity contribution in [2.24, 2.45) is 0 Å². The molecule has 0 unspecified atom stereocenters. The molecule has 0 aliphatic carbocycles. The first kappa shape index (κ1) is 17.7. The zero-order chi connectivity index (χ0) is 18.9. The summed E-state index contributed by atoms with van der Waals surface area (Å²) in [4.78, 5) is 9.06. The van der Waals surface area contributed by atoms with Gasteiger partial charge in [-0.25, -0.2) is 12.8 Å². The van der Waals surface area contributed by atoms with Crippen molar-refractivity contribution in [3.63, 3.8) is 0 Å². The Kier molecular flexibility index (Phi) is 4.71. The van der Waals surface area contributed by atoms with Gasteiger partial charge in [-0.05, 0) is 37.1 Å². The van der Waals surface area contributed by atoms with Crippen LogP contribution in [0.15, 0.2) is 53.9 Å². The largest absolute Gasteiger partial charge is 0.284 e. The fourth-order valence-electron chi connectivity index (χ4n) is 3.39. The van der Waals surface area contributed by atoms with Crippen LogP contribution in [0.3, 0.4) is 0 Å². The molecule has 1 aromatic carbocycles. The highest BCUT2D eigenvalue weighted by Crippen LogP contribution is 2.33. The molecular formula is C18H18FN5O2S. The van der Waals surface area contributed by atoms with E-state index < -0.39 is 10.0 Å². The quantitative estimate of drug-likeness (QED) is 0.743. The second-order valence-electron chi connectivity index (χ2n) is 6.43. The third-order valence-corrected chi connectivity index (χ3v) is 6.56. The highest BCUT2D eigenvalue weighted by atomic mass is 32.2. The summed E-state index contributed by atoms with van der Waals surface area (Å²) in [6.45, 7) is 0.774. The molecule has 1 fully saturated rings. The van der Waals surface area contributed by atoms with E-state index in [1.54, 1.807) is 24.5 Å². The average molecular weight is 387 g/mol. The number of hydrogen-bond donors (Lipinski definition) is 1. The van der Waals surface area contributed by atoms with Crippen LogP contribution in [0.4, 0.5) is 4.39 Å². The monoisotopic (exact) mass is 387 g/mol. The van der Waals surface area contributed by atoms with Gasteiger partial charge in [-0.2, -0.15) is 9.40 Å². The molecule has 1 aliphatic heterocycles. The number of aromatic nitrogens is 4. The van der Waals surface area contributed by atoms with E-state index in [0.29, 0.717) is 18.8 Å². The van der Waals surface area contributed by atoms with Crippen LogP contribution in [0.1, 0.15) is 24.5 Å². The molecule has 0 amide bonds. The summed E-state index contributed by atoms with van der Waals surface area (Å²) in [5.74, 6) is -0.409. The second kappa shape index (κ2) is 7.16. The van der Waals surface area contributed by atoms with Crippen molar-refractivity contribution in [3.8, 4) is 11.3 Å². The van der Waals surface area contributed by atoms with Crippen LogP contribution in [0.25, 0.3) is 11.3 Å². The van der Waals surface area contributed by atoms with Gasteiger partial charge in [0.05, 0.1) is 17.6 Å². The lowest BCUT2D eigenvalue weighted by Gasteiger charge is -2.31. The number of halogens is 1. The predicted octanol–water partition coefficient (Wildman–Crippen LogP) is 2.57. The topological polar surface area (TPSA) is 91.8 Å². The number of nitrogens with zero attached hydrogens (tertiary/aromatic N) is 4. The molecule has 4 rings (SSSR count). The van der Waals surface area contributed by atoms with Crippen molar-refractivity contribution in [1.29, 1.82) is 0 Å². The number of aromatic amines is 1. The molecular weight excluding hydrogens is 369 g/mol. The van der Waals surface area contributed by atoms with E-state index in [-0.39, 0.29) is 16.6 Å². The maximum Gasteiger partial charge on any atom is 0.246 e. The first-order valence-corrected chi connectivity index (χ1v) is 10.1.